The predicted molar refractivity (Wildman–Crippen MR) is 99.6 cm³/mol. The summed E-state index contributed by atoms with van der Waals surface area (Å²) in [6.07, 6.45) is 0. The number of rotatable bonds is 5. The maximum atomic E-state index is 12.1. The number of amides is 1. The van der Waals surface area contributed by atoms with E-state index in [1.54, 1.807) is 17.6 Å². The molecule has 0 aliphatic rings. The van der Waals surface area contributed by atoms with E-state index in [0.29, 0.717) is 16.7 Å². The number of hydrogen-bond donors (Lipinski definition) is 2. The third-order valence-electron chi connectivity index (χ3n) is 3.45. The highest BCUT2D eigenvalue weighted by molar-refractivity contribution is 7.99. The normalized spacial score (nSPS) is 10.7. The minimum Gasteiger partial charge on any atom is -0.385 e. The van der Waals surface area contributed by atoms with Gasteiger partial charge in [-0.3, -0.25) is 14.2 Å². The Labute approximate surface area is 153 Å². The second-order valence-corrected chi connectivity index (χ2v) is 6.57. The minimum atomic E-state index is -0.458. The fourth-order valence-electron chi connectivity index (χ4n) is 2.26. The summed E-state index contributed by atoms with van der Waals surface area (Å²) in [6, 6.07) is 10.5. The van der Waals surface area contributed by atoms with Crippen LogP contribution in [0.2, 0.25) is 0 Å². The van der Waals surface area contributed by atoms with E-state index in [2.05, 4.69) is 15.5 Å². The summed E-state index contributed by atoms with van der Waals surface area (Å²) in [4.78, 5) is 27.8. The van der Waals surface area contributed by atoms with Crippen molar-refractivity contribution in [1.82, 2.24) is 14.7 Å². The molecule has 0 atom stereocenters. The Morgan fingerprint density at radius 2 is 2.00 bits per heavy atom. The van der Waals surface area contributed by atoms with Crippen LogP contribution in [0.5, 0.6) is 0 Å². The number of hydrogen-bond acceptors (Lipinski definition) is 7. The van der Waals surface area contributed by atoms with E-state index in [-0.39, 0.29) is 17.5 Å². The molecule has 1 amide bonds. The smallest absolute Gasteiger partial charge is 0.275 e. The van der Waals surface area contributed by atoms with Crippen LogP contribution in [0.3, 0.4) is 0 Å². The number of carbonyl (C=O) groups excluding carboxylic acids is 1. The summed E-state index contributed by atoms with van der Waals surface area (Å²) in [5.74, 6) is 0.927. The quantitative estimate of drug-likeness (QED) is 0.521. The van der Waals surface area contributed by atoms with E-state index in [1.807, 2.05) is 31.2 Å². The number of aryl methyl sites for hydroxylation is 2. The first kappa shape index (κ1) is 17.7. The van der Waals surface area contributed by atoms with Crippen LogP contribution in [-0.4, -0.2) is 26.4 Å². The fraction of sp³-hybridized carbons (Fsp3) is 0.176. The van der Waals surface area contributed by atoms with Gasteiger partial charge in [-0.05, 0) is 26.0 Å². The second-order valence-electron chi connectivity index (χ2n) is 5.63. The number of carbonyl (C=O) groups is 1. The Kier molecular flexibility index (Phi) is 5.08. The number of nitrogens with one attached hydrogen (secondary N) is 1. The van der Waals surface area contributed by atoms with E-state index in [0.717, 1.165) is 23.0 Å². The van der Waals surface area contributed by atoms with Gasteiger partial charge in [-0.15, -0.1) is 0 Å². The Morgan fingerprint density at radius 1 is 1.27 bits per heavy atom. The topological polar surface area (TPSA) is 116 Å². The van der Waals surface area contributed by atoms with Crippen LogP contribution in [0.4, 0.5) is 11.6 Å². The average Bonchev–Trinajstić information content (AvgIpc) is 2.98. The van der Waals surface area contributed by atoms with Gasteiger partial charge in [-0.1, -0.05) is 34.6 Å². The first-order valence-electron chi connectivity index (χ1n) is 7.75. The average molecular weight is 371 g/mol. The lowest BCUT2D eigenvalue weighted by molar-refractivity contribution is -0.113. The van der Waals surface area contributed by atoms with Gasteiger partial charge in [0.05, 0.1) is 5.75 Å². The van der Waals surface area contributed by atoms with Crippen molar-refractivity contribution in [2.24, 2.45) is 0 Å². The third kappa shape index (κ3) is 4.12. The highest BCUT2D eigenvalue weighted by Crippen LogP contribution is 2.23. The molecule has 0 aliphatic carbocycles. The highest BCUT2D eigenvalue weighted by Gasteiger charge is 2.13. The SMILES string of the molecule is Cc1ccc(-n2c(N)cc(=O)nc2SCC(=O)Nc2cc(C)on2)cc1. The molecule has 1 aromatic carbocycles. The van der Waals surface area contributed by atoms with Crippen LogP contribution < -0.4 is 16.6 Å². The third-order valence-corrected chi connectivity index (χ3v) is 4.39. The van der Waals surface area contributed by atoms with Gasteiger partial charge in [0.15, 0.2) is 11.0 Å². The lowest BCUT2D eigenvalue weighted by atomic mass is 10.2. The Hall–Kier alpha value is -3.07. The second kappa shape index (κ2) is 7.44. The number of benzene rings is 1. The molecule has 3 N–H and O–H groups in total. The van der Waals surface area contributed by atoms with Gasteiger partial charge >= 0.3 is 0 Å². The van der Waals surface area contributed by atoms with Crippen LogP contribution in [0.25, 0.3) is 5.69 Å². The van der Waals surface area contributed by atoms with Crippen molar-refractivity contribution in [3.63, 3.8) is 0 Å². The van der Waals surface area contributed by atoms with Crippen molar-refractivity contribution in [2.75, 3.05) is 16.8 Å². The number of nitrogens with two attached hydrogens (primary N) is 1. The van der Waals surface area contributed by atoms with E-state index < -0.39 is 5.56 Å². The van der Waals surface area contributed by atoms with Gasteiger partial charge in [0.1, 0.15) is 11.6 Å². The van der Waals surface area contributed by atoms with Crippen molar-refractivity contribution in [2.45, 2.75) is 19.0 Å². The summed E-state index contributed by atoms with van der Waals surface area (Å²) in [6.45, 7) is 3.71. The van der Waals surface area contributed by atoms with Crippen molar-refractivity contribution < 1.29 is 9.32 Å². The fourth-order valence-corrected chi connectivity index (χ4v) is 3.09. The van der Waals surface area contributed by atoms with Gasteiger partial charge in [0.2, 0.25) is 5.91 Å². The molecule has 0 radical (unpaired) electrons. The molecule has 0 saturated heterocycles. The summed E-state index contributed by atoms with van der Waals surface area (Å²) < 4.78 is 6.54. The summed E-state index contributed by atoms with van der Waals surface area (Å²) in [5.41, 5.74) is 7.41. The van der Waals surface area contributed by atoms with Gasteiger partial charge in [0, 0.05) is 17.8 Å². The summed E-state index contributed by atoms with van der Waals surface area (Å²) in [5, 5.41) is 6.66. The van der Waals surface area contributed by atoms with Crippen LogP contribution in [0, 0.1) is 13.8 Å². The van der Waals surface area contributed by atoms with Crippen LogP contribution in [0.1, 0.15) is 11.3 Å². The van der Waals surface area contributed by atoms with E-state index in [4.69, 9.17) is 10.3 Å². The molecule has 8 nitrogen and oxygen atoms in total. The molecule has 0 bridgehead atoms. The summed E-state index contributed by atoms with van der Waals surface area (Å²) >= 11 is 1.11. The maximum Gasteiger partial charge on any atom is 0.275 e. The predicted octanol–water partition coefficient (Wildman–Crippen LogP) is 2.15. The zero-order valence-electron chi connectivity index (χ0n) is 14.2. The first-order valence-corrected chi connectivity index (χ1v) is 8.73. The molecule has 3 aromatic rings. The van der Waals surface area contributed by atoms with Crippen LogP contribution >= 0.6 is 11.8 Å². The van der Waals surface area contributed by atoms with Gasteiger partial charge in [0.25, 0.3) is 5.56 Å². The largest absolute Gasteiger partial charge is 0.385 e. The molecular weight excluding hydrogens is 354 g/mol. The Bertz CT molecular complexity index is 994. The lowest BCUT2D eigenvalue weighted by Crippen LogP contribution is -2.19. The zero-order valence-corrected chi connectivity index (χ0v) is 15.0. The van der Waals surface area contributed by atoms with Crippen LogP contribution in [0.15, 0.2) is 50.9 Å². The molecule has 9 heteroatoms. The lowest BCUT2D eigenvalue weighted by Gasteiger charge is -2.14. The molecule has 134 valence electrons. The molecule has 26 heavy (non-hydrogen) atoms. The monoisotopic (exact) mass is 371 g/mol. The Balaban J connectivity index is 1.81. The van der Waals surface area contributed by atoms with Crippen molar-refractivity contribution >= 4 is 29.3 Å². The number of thioether (sulfide) groups is 1. The molecule has 2 aromatic heterocycles. The molecule has 2 heterocycles. The number of aromatic nitrogens is 3. The van der Waals surface area contributed by atoms with E-state index in [9.17, 15) is 9.59 Å². The molecule has 0 saturated carbocycles. The standard InChI is InChI=1S/C17H17N5O3S/c1-10-3-5-12(6-4-10)22-13(18)8-15(23)20-17(22)26-9-16(24)19-14-7-11(2)25-21-14/h3-8H,9,18H2,1-2H3,(H,19,21,24). The number of anilines is 2. The molecule has 0 unspecified atom stereocenters. The van der Waals surface area contributed by atoms with Crippen molar-refractivity contribution in [3.8, 4) is 5.69 Å². The molecule has 0 fully saturated rings. The van der Waals surface area contributed by atoms with E-state index >= 15 is 0 Å². The van der Waals surface area contributed by atoms with Gasteiger partial charge in [-0.2, -0.15) is 4.98 Å². The minimum absolute atomic E-state index is 0.0354. The first-order chi connectivity index (χ1) is 12.4. The van der Waals surface area contributed by atoms with Gasteiger partial charge < -0.3 is 15.6 Å². The molecule has 3 rings (SSSR count). The summed E-state index contributed by atoms with van der Waals surface area (Å²) in [7, 11) is 0. The molecule has 0 spiro atoms. The number of nitrogen functional groups attached to an aromatic ring is 1. The zero-order chi connectivity index (χ0) is 18.7. The van der Waals surface area contributed by atoms with Crippen molar-refractivity contribution in [3.05, 3.63) is 58.1 Å². The van der Waals surface area contributed by atoms with Crippen LogP contribution in [-0.2, 0) is 4.79 Å². The Morgan fingerprint density at radius 3 is 2.65 bits per heavy atom. The molecule has 0 aliphatic heterocycles. The van der Waals surface area contributed by atoms with E-state index in [1.165, 1.54) is 6.07 Å². The molecular formula is C17H17N5O3S. The van der Waals surface area contributed by atoms with Gasteiger partial charge in [-0.25, -0.2) is 0 Å². The maximum absolute atomic E-state index is 12.1. The van der Waals surface area contributed by atoms with Crippen molar-refractivity contribution in [1.29, 1.82) is 0 Å². The number of nitrogens with zero attached hydrogens (tertiary/aromatic N) is 3. The highest BCUT2D eigenvalue weighted by atomic mass is 32.2.